The Hall–Kier alpha value is -4.52. The van der Waals surface area contributed by atoms with Gasteiger partial charge in [0, 0.05) is 19.3 Å². The van der Waals surface area contributed by atoms with Crippen molar-refractivity contribution < 1.29 is 37.4 Å². The molecule has 11 nitrogen and oxygen atoms in total. The fourth-order valence-corrected chi connectivity index (χ4v) is 4.95. The van der Waals surface area contributed by atoms with Gasteiger partial charge in [-0.1, -0.05) is 12.1 Å². The second-order valence-corrected chi connectivity index (χ2v) is 11.7. The highest BCUT2D eigenvalue weighted by atomic mass is 19.1. The van der Waals surface area contributed by atoms with Crippen LogP contribution in [0.5, 0.6) is 0 Å². The summed E-state index contributed by atoms with van der Waals surface area (Å²) in [4.78, 5) is 56.3. The molecule has 2 atom stereocenters. The van der Waals surface area contributed by atoms with Crippen LogP contribution in [0.3, 0.4) is 0 Å². The Morgan fingerprint density at radius 3 is 2.34 bits per heavy atom. The predicted molar refractivity (Wildman–Crippen MR) is 158 cm³/mol. The van der Waals surface area contributed by atoms with Crippen LogP contribution in [0.4, 0.5) is 25.0 Å². The number of halogens is 2. The molecular formula is C31H37F2N5O6. The first-order chi connectivity index (χ1) is 20.7. The topological polar surface area (TPSA) is 143 Å². The van der Waals surface area contributed by atoms with E-state index in [-0.39, 0.29) is 12.2 Å². The van der Waals surface area contributed by atoms with Gasteiger partial charge >= 0.3 is 6.09 Å². The average molecular weight is 614 g/mol. The number of likely N-dealkylation sites (N-methyl/N-ethyl adjacent to an activating group) is 1. The number of nitrogens with two attached hydrogens (primary N) is 1. The second-order valence-electron chi connectivity index (χ2n) is 11.7. The fourth-order valence-electron chi connectivity index (χ4n) is 4.95. The number of hydrogen-bond acceptors (Lipinski definition) is 7. The molecule has 2 heterocycles. The molecule has 13 heteroatoms. The van der Waals surface area contributed by atoms with Crippen molar-refractivity contribution in [2.75, 3.05) is 31.3 Å². The Kier molecular flexibility index (Phi) is 9.57. The number of carbonyl (C=O) groups excluding carboxylic acids is 4. The number of hydrogen-bond donors (Lipinski definition) is 3. The molecule has 0 saturated carbocycles. The van der Waals surface area contributed by atoms with Crippen LogP contribution in [-0.2, 0) is 30.4 Å². The third-order valence-corrected chi connectivity index (χ3v) is 7.39. The Labute approximate surface area is 254 Å². The first kappa shape index (κ1) is 32.4. The van der Waals surface area contributed by atoms with Crippen molar-refractivity contribution in [3.63, 3.8) is 0 Å². The van der Waals surface area contributed by atoms with Crippen molar-refractivity contribution in [3.8, 4) is 0 Å². The van der Waals surface area contributed by atoms with Crippen molar-refractivity contribution >= 4 is 35.2 Å². The number of benzene rings is 2. The molecule has 0 aromatic heterocycles. The number of carbonyl (C=O) groups is 4. The van der Waals surface area contributed by atoms with Crippen LogP contribution in [-0.4, -0.2) is 65.5 Å². The predicted octanol–water partition coefficient (Wildman–Crippen LogP) is 4.01. The number of amides is 4. The van der Waals surface area contributed by atoms with Crippen LogP contribution < -0.4 is 16.4 Å². The maximum absolute atomic E-state index is 14.4. The summed E-state index contributed by atoms with van der Waals surface area (Å²) in [5.41, 5.74) is 6.45. The lowest BCUT2D eigenvalue weighted by Crippen LogP contribution is -2.49. The standard InChI is InChI=1S/C31H37F2N5O6/c1-17(37(5)30(42)44-31(2,3)4)27(39)35-24(18-11-13-43-14-12-18)29(41)38-16-19-15-20(34)9-10-21(19)26(38)28(40)36-25-22(32)7-6-8-23(25)33/h6-10,15,17,26H,11-14,16,34H2,1-5H3,(H,35,39)(H,36,40)/t17-,26-/m0/s1. The Morgan fingerprint density at radius 2 is 1.73 bits per heavy atom. The molecule has 236 valence electrons. The summed E-state index contributed by atoms with van der Waals surface area (Å²) in [5.74, 6) is -4.16. The van der Waals surface area contributed by atoms with E-state index in [4.69, 9.17) is 15.2 Å². The number of ether oxygens (including phenoxy) is 2. The van der Waals surface area contributed by atoms with Crippen molar-refractivity contribution in [2.24, 2.45) is 0 Å². The molecule has 2 aliphatic heterocycles. The maximum atomic E-state index is 14.4. The summed E-state index contributed by atoms with van der Waals surface area (Å²) in [5, 5.41) is 4.98. The van der Waals surface area contributed by atoms with Crippen LogP contribution in [0.15, 0.2) is 47.7 Å². The van der Waals surface area contributed by atoms with E-state index in [0.717, 1.165) is 17.0 Å². The zero-order valence-electron chi connectivity index (χ0n) is 25.3. The molecule has 1 fully saturated rings. The Bertz CT molecular complexity index is 1480. The van der Waals surface area contributed by atoms with E-state index in [0.29, 0.717) is 48.4 Å². The van der Waals surface area contributed by atoms with Gasteiger partial charge in [-0.2, -0.15) is 0 Å². The van der Waals surface area contributed by atoms with Crippen LogP contribution in [0.25, 0.3) is 0 Å². The molecule has 2 aliphatic rings. The number of anilines is 2. The van der Waals surface area contributed by atoms with Gasteiger partial charge in [-0.05, 0) is 81.5 Å². The third-order valence-electron chi connectivity index (χ3n) is 7.39. The maximum Gasteiger partial charge on any atom is 0.410 e. The zero-order chi connectivity index (χ0) is 32.3. The molecule has 2 aromatic rings. The van der Waals surface area contributed by atoms with Gasteiger partial charge in [0.05, 0.1) is 13.2 Å². The van der Waals surface area contributed by atoms with E-state index in [1.807, 2.05) is 0 Å². The van der Waals surface area contributed by atoms with E-state index in [9.17, 15) is 28.0 Å². The smallest absolute Gasteiger partial charge is 0.410 e. The van der Waals surface area contributed by atoms with Crippen molar-refractivity contribution in [1.29, 1.82) is 0 Å². The first-order valence-electron chi connectivity index (χ1n) is 14.2. The van der Waals surface area contributed by atoms with Gasteiger partial charge in [0.15, 0.2) is 0 Å². The number of nitrogen functional groups attached to an aromatic ring is 1. The van der Waals surface area contributed by atoms with Gasteiger partial charge in [0.1, 0.15) is 40.7 Å². The molecule has 0 aliphatic carbocycles. The fraction of sp³-hybridized carbons (Fsp3) is 0.419. The van der Waals surface area contributed by atoms with E-state index in [1.54, 1.807) is 39.0 Å². The number of nitrogens with zero attached hydrogens (tertiary/aromatic N) is 2. The second kappa shape index (κ2) is 13.0. The highest BCUT2D eigenvalue weighted by molar-refractivity contribution is 6.04. The molecule has 0 unspecified atom stereocenters. The monoisotopic (exact) mass is 613 g/mol. The molecule has 44 heavy (non-hydrogen) atoms. The van der Waals surface area contributed by atoms with Gasteiger partial charge < -0.3 is 30.7 Å². The Balaban J connectivity index is 1.67. The molecule has 0 spiro atoms. The van der Waals surface area contributed by atoms with Crippen molar-refractivity contribution in [3.05, 3.63) is 70.4 Å². The molecule has 2 aromatic carbocycles. The summed E-state index contributed by atoms with van der Waals surface area (Å²) in [6.07, 6.45) is -0.0535. The van der Waals surface area contributed by atoms with Gasteiger partial charge in [-0.25, -0.2) is 13.6 Å². The summed E-state index contributed by atoms with van der Waals surface area (Å²) >= 11 is 0. The van der Waals surface area contributed by atoms with E-state index in [2.05, 4.69) is 10.6 Å². The normalized spacial score (nSPS) is 16.9. The van der Waals surface area contributed by atoms with Gasteiger partial charge in [-0.3, -0.25) is 19.3 Å². The minimum atomic E-state index is -1.30. The van der Waals surface area contributed by atoms with Crippen molar-refractivity contribution in [1.82, 2.24) is 15.1 Å². The van der Waals surface area contributed by atoms with Crippen molar-refractivity contribution in [2.45, 2.75) is 64.8 Å². The first-order valence-corrected chi connectivity index (χ1v) is 14.2. The molecule has 4 N–H and O–H groups in total. The van der Waals surface area contributed by atoms with Gasteiger partial charge in [0.25, 0.3) is 11.8 Å². The number of para-hydroxylation sites is 1. The highest BCUT2D eigenvalue weighted by Gasteiger charge is 2.41. The molecule has 4 rings (SSSR count). The van der Waals surface area contributed by atoms with E-state index < -0.39 is 58.8 Å². The summed E-state index contributed by atoms with van der Waals surface area (Å²) in [7, 11) is 1.41. The zero-order valence-corrected chi connectivity index (χ0v) is 25.3. The van der Waals surface area contributed by atoms with Crippen LogP contribution in [0.2, 0.25) is 0 Å². The average Bonchev–Trinajstić information content (AvgIpc) is 3.34. The van der Waals surface area contributed by atoms with Crippen LogP contribution in [0.1, 0.15) is 57.7 Å². The number of fused-ring (bicyclic) bond motifs is 1. The minimum Gasteiger partial charge on any atom is -0.444 e. The lowest BCUT2D eigenvalue weighted by Gasteiger charge is -2.30. The highest BCUT2D eigenvalue weighted by Crippen LogP contribution is 2.37. The molecule has 0 bridgehead atoms. The molecule has 0 radical (unpaired) electrons. The van der Waals surface area contributed by atoms with Crippen LogP contribution >= 0.6 is 0 Å². The number of nitrogens with one attached hydrogen (secondary N) is 2. The van der Waals surface area contributed by atoms with Gasteiger partial charge in [0.2, 0.25) is 5.91 Å². The number of rotatable bonds is 6. The molecular weight excluding hydrogens is 576 g/mol. The lowest BCUT2D eigenvalue weighted by atomic mass is 10.0. The quantitative estimate of drug-likeness (QED) is 0.330. The summed E-state index contributed by atoms with van der Waals surface area (Å²) < 4.78 is 39.7. The summed E-state index contributed by atoms with van der Waals surface area (Å²) in [6.45, 7) is 7.14. The molecule has 4 amide bonds. The largest absolute Gasteiger partial charge is 0.444 e. The summed E-state index contributed by atoms with van der Waals surface area (Å²) in [6, 6.07) is 5.60. The molecule has 1 saturated heterocycles. The lowest BCUT2D eigenvalue weighted by molar-refractivity contribution is -0.137. The van der Waals surface area contributed by atoms with Crippen LogP contribution in [0, 0.1) is 11.6 Å². The SMILES string of the molecule is C[C@@H](C(=O)NC(C(=O)N1Cc2cc(N)ccc2[C@H]1C(=O)Nc1c(F)cccc1F)=C1CCOCC1)N(C)C(=O)OC(C)(C)C. The minimum absolute atomic E-state index is 0.0570. The Morgan fingerprint density at radius 1 is 1.09 bits per heavy atom. The van der Waals surface area contributed by atoms with E-state index in [1.165, 1.54) is 24.9 Å². The van der Waals surface area contributed by atoms with E-state index >= 15 is 0 Å². The van der Waals surface area contributed by atoms with Gasteiger partial charge in [-0.15, -0.1) is 0 Å². The third kappa shape index (κ3) is 7.16.